The van der Waals surface area contributed by atoms with Crippen LogP contribution in [-0.4, -0.2) is 74.5 Å². The largest absolute Gasteiger partial charge is 0.330 e. The number of nitrogens with two attached hydrogens (primary N) is 1. The Balaban J connectivity index is 2.33. The molecule has 0 bridgehead atoms. The molecule has 20 heavy (non-hydrogen) atoms. The van der Waals surface area contributed by atoms with Crippen LogP contribution in [0.4, 0.5) is 0 Å². The third-order valence-electron chi connectivity index (χ3n) is 4.05. The Hall–Kier alpha value is -0.170. The van der Waals surface area contributed by atoms with Crippen molar-refractivity contribution in [3.05, 3.63) is 0 Å². The zero-order valence-corrected chi connectivity index (χ0v) is 14.2. The second kappa shape index (κ2) is 7.20. The fraction of sp³-hybridized carbons (Fsp3) is 1.00. The van der Waals surface area contributed by atoms with Crippen molar-refractivity contribution in [3.63, 3.8) is 0 Å². The van der Waals surface area contributed by atoms with Crippen LogP contribution in [0.1, 0.15) is 27.7 Å². The molecule has 0 aliphatic carbocycles. The lowest BCUT2D eigenvalue weighted by Gasteiger charge is -2.36. The Bertz CT molecular complexity index is 382. The van der Waals surface area contributed by atoms with E-state index in [1.54, 1.807) is 20.8 Å². The second-order valence-corrected chi connectivity index (χ2v) is 9.78. The van der Waals surface area contributed by atoms with Crippen LogP contribution >= 0.6 is 0 Å². The first kappa shape index (κ1) is 17.9. The van der Waals surface area contributed by atoms with Crippen LogP contribution in [0.5, 0.6) is 0 Å². The topological polar surface area (TPSA) is 66.6 Å². The first-order chi connectivity index (χ1) is 9.15. The maximum atomic E-state index is 12.1. The van der Waals surface area contributed by atoms with E-state index in [2.05, 4.69) is 16.7 Å². The average molecular weight is 305 g/mol. The monoisotopic (exact) mass is 305 g/mol. The van der Waals surface area contributed by atoms with Crippen LogP contribution in [0.15, 0.2) is 0 Å². The molecule has 0 aromatic carbocycles. The summed E-state index contributed by atoms with van der Waals surface area (Å²) >= 11 is 0. The van der Waals surface area contributed by atoms with E-state index in [0.717, 1.165) is 39.3 Å². The molecule has 1 saturated heterocycles. The zero-order chi connectivity index (χ0) is 15.4. The van der Waals surface area contributed by atoms with Crippen molar-refractivity contribution in [2.45, 2.75) is 32.4 Å². The molecular formula is C14H31N3O2S. The van der Waals surface area contributed by atoms with E-state index in [4.69, 9.17) is 5.73 Å². The normalized spacial score (nSPS) is 21.1. The van der Waals surface area contributed by atoms with Crippen LogP contribution < -0.4 is 5.73 Å². The molecule has 1 aliphatic rings. The maximum Gasteiger partial charge on any atom is 0.156 e. The van der Waals surface area contributed by atoms with Crippen LogP contribution in [0.3, 0.4) is 0 Å². The van der Waals surface area contributed by atoms with Gasteiger partial charge in [0, 0.05) is 39.3 Å². The summed E-state index contributed by atoms with van der Waals surface area (Å²) in [4.78, 5) is 4.68. The zero-order valence-electron chi connectivity index (χ0n) is 13.4. The summed E-state index contributed by atoms with van der Waals surface area (Å²) in [6.07, 6.45) is 0. The SMILES string of the molecule is CC(CN)CN1CCN(CCS(=O)(=O)C(C)(C)C)CC1. The van der Waals surface area contributed by atoms with Crippen LogP contribution in [0.25, 0.3) is 0 Å². The minimum Gasteiger partial charge on any atom is -0.330 e. The first-order valence-electron chi connectivity index (χ1n) is 7.53. The highest BCUT2D eigenvalue weighted by molar-refractivity contribution is 7.92. The molecule has 6 heteroatoms. The number of nitrogens with zero attached hydrogens (tertiary/aromatic N) is 2. The molecule has 0 aromatic heterocycles. The van der Waals surface area contributed by atoms with Gasteiger partial charge in [0.05, 0.1) is 10.5 Å². The molecule has 5 nitrogen and oxygen atoms in total. The van der Waals surface area contributed by atoms with Gasteiger partial charge in [0.2, 0.25) is 0 Å². The summed E-state index contributed by atoms with van der Waals surface area (Å²) in [7, 11) is -3.01. The maximum absolute atomic E-state index is 12.1. The standard InChI is InChI=1S/C14H31N3O2S/c1-13(11-15)12-17-7-5-16(6-8-17)9-10-20(18,19)14(2,3)4/h13H,5-12,15H2,1-4H3. The lowest BCUT2D eigenvalue weighted by atomic mass is 10.1. The number of hydrogen-bond acceptors (Lipinski definition) is 5. The van der Waals surface area contributed by atoms with E-state index in [0.29, 0.717) is 12.5 Å². The van der Waals surface area contributed by atoms with Crippen LogP contribution in [0.2, 0.25) is 0 Å². The number of sulfone groups is 1. The molecule has 1 aliphatic heterocycles. The van der Waals surface area contributed by atoms with E-state index < -0.39 is 14.6 Å². The van der Waals surface area contributed by atoms with Gasteiger partial charge in [-0.05, 0) is 33.2 Å². The van der Waals surface area contributed by atoms with E-state index >= 15 is 0 Å². The molecule has 0 radical (unpaired) electrons. The Kier molecular flexibility index (Phi) is 6.44. The van der Waals surface area contributed by atoms with Gasteiger partial charge < -0.3 is 10.6 Å². The van der Waals surface area contributed by atoms with Gasteiger partial charge in [-0.2, -0.15) is 0 Å². The van der Waals surface area contributed by atoms with Crippen LogP contribution in [-0.2, 0) is 9.84 Å². The number of hydrogen-bond donors (Lipinski definition) is 1. The van der Waals surface area contributed by atoms with Gasteiger partial charge in [0.1, 0.15) is 0 Å². The van der Waals surface area contributed by atoms with Crippen molar-refractivity contribution in [2.24, 2.45) is 11.7 Å². The van der Waals surface area contributed by atoms with Gasteiger partial charge in [0.25, 0.3) is 0 Å². The summed E-state index contributed by atoms with van der Waals surface area (Å²) < 4.78 is 23.5. The Morgan fingerprint density at radius 3 is 2.05 bits per heavy atom. The third kappa shape index (κ3) is 5.31. The van der Waals surface area contributed by atoms with Gasteiger partial charge >= 0.3 is 0 Å². The van der Waals surface area contributed by atoms with Gasteiger partial charge in [-0.15, -0.1) is 0 Å². The molecule has 1 rings (SSSR count). The van der Waals surface area contributed by atoms with Gasteiger partial charge in [0.15, 0.2) is 9.84 Å². The summed E-state index contributed by atoms with van der Waals surface area (Å²) in [6, 6.07) is 0. The summed E-state index contributed by atoms with van der Waals surface area (Å²) in [5.41, 5.74) is 5.65. The van der Waals surface area contributed by atoms with E-state index in [9.17, 15) is 8.42 Å². The summed E-state index contributed by atoms with van der Waals surface area (Å²) in [6.45, 7) is 13.8. The molecule has 0 saturated carbocycles. The molecular weight excluding hydrogens is 274 g/mol. The van der Waals surface area contributed by atoms with Gasteiger partial charge in [-0.1, -0.05) is 6.92 Å². The van der Waals surface area contributed by atoms with E-state index in [1.165, 1.54) is 0 Å². The first-order valence-corrected chi connectivity index (χ1v) is 9.18. The second-order valence-electron chi connectivity index (χ2n) is 6.91. The molecule has 0 aromatic rings. The van der Waals surface area contributed by atoms with Crippen molar-refractivity contribution < 1.29 is 8.42 Å². The lowest BCUT2D eigenvalue weighted by Crippen LogP contribution is -2.49. The molecule has 0 spiro atoms. The molecule has 1 unspecified atom stereocenters. The van der Waals surface area contributed by atoms with Crippen molar-refractivity contribution in [1.82, 2.24) is 9.80 Å². The smallest absolute Gasteiger partial charge is 0.156 e. The molecule has 1 atom stereocenters. The Labute approximate surface area is 124 Å². The Morgan fingerprint density at radius 1 is 1.10 bits per heavy atom. The predicted molar refractivity (Wildman–Crippen MR) is 84.6 cm³/mol. The number of rotatable bonds is 6. The number of piperazine rings is 1. The quantitative estimate of drug-likeness (QED) is 0.770. The fourth-order valence-corrected chi connectivity index (χ4v) is 3.38. The third-order valence-corrected chi connectivity index (χ3v) is 6.63. The highest BCUT2D eigenvalue weighted by Crippen LogP contribution is 2.16. The Morgan fingerprint density at radius 2 is 1.60 bits per heavy atom. The van der Waals surface area contributed by atoms with Crippen molar-refractivity contribution in [1.29, 1.82) is 0 Å². The molecule has 120 valence electrons. The lowest BCUT2D eigenvalue weighted by molar-refractivity contribution is 0.126. The fourth-order valence-electron chi connectivity index (χ4n) is 2.27. The van der Waals surface area contributed by atoms with Crippen molar-refractivity contribution in [3.8, 4) is 0 Å². The molecule has 1 heterocycles. The van der Waals surface area contributed by atoms with Gasteiger partial charge in [-0.3, -0.25) is 4.90 Å². The summed E-state index contributed by atoms with van der Waals surface area (Å²) in [5, 5.41) is 0. The predicted octanol–water partition coefficient (Wildman–Crippen LogP) is 0.412. The average Bonchev–Trinajstić information content (AvgIpc) is 2.36. The van der Waals surface area contributed by atoms with Gasteiger partial charge in [-0.25, -0.2) is 8.42 Å². The molecule has 0 amide bonds. The highest BCUT2D eigenvalue weighted by Gasteiger charge is 2.29. The van der Waals surface area contributed by atoms with E-state index in [-0.39, 0.29) is 5.75 Å². The minimum atomic E-state index is -3.01. The molecule has 2 N–H and O–H groups in total. The highest BCUT2D eigenvalue weighted by atomic mass is 32.2. The van der Waals surface area contributed by atoms with Crippen molar-refractivity contribution >= 4 is 9.84 Å². The molecule has 1 fully saturated rings. The van der Waals surface area contributed by atoms with E-state index in [1.807, 2.05) is 0 Å². The minimum absolute atomic E-state index is 0.260. The van der Waals surface area contributed by atoms with Crippen LogP contribution in [0, 0.1) is 5.92 Å². The summed E-state index contributed by atoms with van der Waals surface area (Å²) in [5.74, 6) is 0.790. The van der Waals surface area contributed by atoms with Crippen molar-refractivity contribution in [2.75, 3.05) is 51.6 Å².